The molecule has 2 rings (SSSR count). The summed E-state index contributed by atoms with van der Waals surface area (Å²) >= 11 is 4.31. The van der Waals surface area contributed by atoms with Gasteiger partial charge < -0.3 is 11.5 Å². The Hall–Kier alpha value is -1.61. The van der Waals surface area contributed by atoms with Gasteiger partial charge in [-0.3, -0.25) is 0 Å². The lowest BCUT2D eigenvalue weighted by molar-refractivity contribution is 1.18. The highest BCUT2D eigenvalue weighted by Crippen LogP contribution is 2.20. The second-order valence-electron chi connectivity index (χ2n) is 3.81. The first-order chi connectivity index (χ1) is 7.65. The summed E-state index contributed by atoms with van der Waals surface area (Å²) in [5, 5.41) is 0. The summed E-state index contributed by atoms with van der Waals surface area (Å²) in [5.41, 5.74) is 15.3. The summed E-state index contributed by atoms with van der Waals surface area (Å²) in [4.78, 5) is 0.827. The predicted molar refractivity (Wildman–Crippen MR) is 71.8 cm³/mol. The molecule has 2 nitrogen and oxygen atoms in total. The first-order valence-corrected chi connectivity index (χ1v) is 5.51. The SMILES string of the molecule is Nc1ccc(Cc2ccc(N)c(S)c2)cc1. The van der Waals surface area contributed by atoms with E-state index in [2.05, 4.69) is 12.6 Å². The number of benzene rings is 2. The van der Waals surface area contributed by atoms with Gasteiger partial charge in [-0.15, -0.1) is 12.6 Å². The average Bonchev–Trinajstić information content (AvgIpc) is 2.27. The van der Waals surface area contributed by atoms with Crippen LogP contribution in [0, 0.1) is 0 Å². The molecule has 2 aromatic carbocycles. The molecule has 16 heavy (non-hydrogen) atoms. The van der Waals surface area contributed by atoms with E-state index in [1.165, 1.54) is 11.1 Å². The van der Waals surface area contributed by atoms with Gasteiger partial charge in [0.2, 0.25) is 0 Å². The van der Waals surface area contributed by atoms with Crippen LogP contribution in [-0.4, -0.2) is 0 Å². The molecule has 0 aliphatic carbocycles. The topological polar surface area (TPSA) is 52.0 Å². The van der Waals surface area contributed by atoms with Gasteiger partial charge in [-0.25, -0.2) is 0 Å². The molecule has 0 spiro atoms. The van der Waals surface area contributed by atoms with Crippen molar-refractivity contribution >= 4 is 24.0 Å². The van der Waals surface area contributed by atoms with Crippen LogP contribution in [0.25, 0.3) is 0 Å². The minimum absolute atomic E-state index is 0.712. The molecule has 0 heterocycles. The molecule has 3 heteroatoms. The number of nitrogen functional groups attached to an aromatic ring is 2. The lowest BCUT2D eigenvalue weighted by Gasteiger charge is -2.05. The fraction of sp³-hybridized carbons (Fsp3) is 0.0769. The van der Waals surface area contributed by atoms with Crippen molar-refractivity contribution in [3.05, 3.63) is 53.6 Å². The van der Waals surface area contributed by atoms with Crippen LogP contribution in [0.5, 0.6) is 0 Å². The largest absolute Gasteiger partial charge is 0.399 e. The van der Waals surface area contributed by atoms with Crippen LogP contribution in [0.2, 0.25) is 0 Å². The Kier molecular flexibility index (Phi) is 3.06. The van der Waals surface area contributed by atoms with E-state index in [0.29, 0.717) is 5.69 Å². The maximum Gasteiger partial charge on any atom is 0.0449 e. The van der Waals surface area contributed by atoms with Gasteiger partial charge in [-0.2, -0.15) is 0 Å². The quantitative estimate of drug-likeness (QED) is 0.549. The van der Waals surface area contributed by atoms with Gasteiger partial charge in [0.05, 0.1) is 0 Å². The first-order valence-electron chi connectivity index (χ1n) is 5.07. The van der Waals surface area contributed by atoms with Crippen molar-refractivity contribution in [1.29, 1.82) is 0 Å². The normalized spacial score (nSPS) is 10.3. The molecule has 0 aliphatic rings. The lowest BCUT2D eigenvalue weighted by Crippen LogP contribution is -1.92. The number of rotatable bonds is 2. The van der Waals surface area contributed by atoms with Crippen LogP contribution in [0.3, 0.4) is 0 Å². The molecule has 0 radical (unpaired) electrons. The number of hydrogen-bond acceptors (Lipinski definition) is 3. The Bertz CT molecular complexity index is 492. The first kappa shape index (κ1) is 10.9. The van der Waals surface area contributed by atoms with Crippen molar-refractivity contribution < 1.29 is 0 Å². The molecule has 4 N–H and O–H groups in total. The Morgan fingerprint density at radius 3 is 2.12 bits per heavy atom. The molecule has 0 amide bonds. The molecule has 0 saturated heterocycles. The Balaban J connectivity index is 2.20. The minimum atomic E-state index is 0.712. The summed E-state index contributed by atoms with van der Waals surface area (Å²) in [5.74, 6) is 0. The van der Waals surface area contributed by atoms with E-state index in [0.717, 1.165) is 17.0 Å². The summed E-state index contributed by atoms with van der Waals surface area (Å²) in [6, 6.07) is 13.8. The van der Waals surface area contributed by atoms with E-state index in [1.54, 1.807) is 0 Å². The Morgan fingerprint density at radius 2 is 1.50 bits per heavy atom. The Labute approximate surface area is 101 Å². The van der Waals surface area contributed by atoms with Gasteiger partial charge in [-0.1, -0.05) is 18.2 Å². The molecule has 2 aromatic rings. The molecular weight excluding hydrogens is 216 g/mol. The molecule has 0 fully saturated rings. The smallest absolute Gasteiger partial charge is 0.0449 e. The second kappa shape index (κ2) is 4.49. The van der Waals surface area contributed by atoms with Crippen LogP contribution in [0.1, 0.15) is 11.1 Å². The molecule has 0 aliphatic heterocycles. The van der Waals surface area contributed by atoms with Crippen molar-refractivity contribution in [2.24, 2.45) is 0 Å². The van der Waals surface area contributed by atoms with Gasteiger partial charge in [0, 0.05) is 16.3 Å². The van der Waals surface area contributed by atoms with Gasteiger partial charge in [0.15, 0.2) is 0 Å². The minimum Gasteiger partial charge on any atom is -0.399 e. The van der Waals surface area contributed by atoms with E-state index in [4.69, 9.17) is 11.5 Å². The fourth-order valence-corrected chi connectivity index (χ4v) is 1.81. The standard InChI is InChI=1S/C13H14N2S/c14-11-4-1-9(2-5-11)7-10-3-6-12(15)13(16)8-10/h1-6,8,16H,7,14-15H2. The lowest BCUT2D eigenvalue weighted by atomic mass is 10.0. The van der Waals surface area contributed by atoms with Crippen LogP contribution in [-0.2, 0) is 6.42 Å². The zero-order valence-corrected chi connectivity index (χ0v) is 9.74. The predicted octanol–water partition coefficient (Wildman–Crippen LogP) is 2.73. The van der Waals surface area contributed by atoms with E-state index in [-0.39, 0.29) is 0 Å². The maximum atomic E-state index is 5.71. The number of anilines is 2. The van der Waals surface area contributed by atoms with Crippen LogP contribution in [0.15, 0.2) is 47.4 Å². The molecule has 82 valence electrons. The van der Waals surface area contributed by atoms with Crippen molar-refractivity contribution in [3.63, 3.8) is 0 Å². The summed E-state index contributed by atoms with van der Waals surface area (Å²) in [6.07, 6.45) is 0.869. The molecule has 0 unspecified atom stereocenters. The molecule has 0 aromatic heterocycles. The van der Waals surface area contributed by atoms with Crippen LogP contribution in [0.4, 0.5) is 11.4 Å². The maximum absolute atomic E-state index is 5.71. The zero-order valence-electron chi connectivity index (χ0n) is 8.85. The monoisotopic (exact) mass is 230 g/mol. The third-order valence-electron chi connectivity index (χ3n) is 2.48. The third kappa shape index (κ3) is 2.49. The number of hydrogen-bond donors (Lipinski definition) is 3. The summed E-state index contributed by atoms with van der Waals surface area (Å²) in [6.45, 7) is 0. The van der Waals surface area contributed by atoms with E-state index >= 15 is 0 Å². The average molecular weight is 230 g/mol. The van der Waals surface area contributed by atoms with E-state index in [1.807, 2.05) is 42.5 Å². The van der Waals surface area contributed by atoms with E-state index in [9.17, 15) is 0 Å². The highest BCUT2D eigenvalue weighted by molar-refractivity contribution is 7.80. The van der Waals surface area contributed by atoms with Gasteiger partial charge in [0.1, 0.15) is 0 Å². The zero-order chi connectivity index (χ0) is 11.5. The molecule has 0 saturated carbocycles. The van der Waals surface area contributed by atoms with E-state index < -0.39 is 0 Å². The third-order valence-corrected chi connectivity index (χ3v) is 2.87. The highest BCUT2D eigenvalue weighted by atomic mass is 32.1. The van der Waals surface area contributed by atoms with Gasteiger partial charge >= 0.3 is 0 Å². The molecule has 0 atom stereocenters. The highest BCUT2D eigenvalue weighted by Gasteiger charge is 1.99. The Morgan fingerprint density at radius 1 is 0.875 bits per heavy atom. The van der Waals surface area contributed by atoms with Crippen molar-refractivity contribution in [3.8, 4) is 0 Å². The van der Waals surface area contributed by atoms with Crippen LogP contribution < -0.4 is 11.5 Å². The number of thiol groups is 1. The summed E-state index contributed by atoms with van der Waals surface area (Å²) < 4.78 is 0. The second-order valence-corrected chi connectivity index (χ2v) is 4.29. The van der Waals surface area contributed by atoms with Crippen molar-refractivity contribution in [1.82, 2.24) is 0 Å². The summed E-state index contributed by atoms with van der Waals surface area (Å²) in [7, 11) is 0. The molecule has 0 bridgehead atoms. The van der Waals surface area contributed by atoms with Gasteiger partial charge in [-0.05, 0) is 41.8 Å². The van der Waals surface area contributed by atoms with Crippen molar-refractivity contribution in [2.45, 2.75) is 11.3 Å². The fourth-order valence-electron chi connectivity index (χ4n) is 1.57. The van der Waals surface area contributed by atoms with Gasteiger partial charge in [0.25, 0.3) is 0 Å². The van der Waals surface area contributed by atoms with Crippen molar-refractivity contribution in [2.75, 3.05) is 11.5 Å². The molecular formula is C13H14N2S. The van der Waals surface area contributed by atoms with Crippen LogP contribution >= 0.6 is 12.6 Å². The number of nitrogens with two attached hydrogens (primary N) is 2.